The Morgan fingerprint density at radius 1 is 1.25 bits per heavy atom. The summed E-state index contributed by atoms with van der Waals surface area (Å²) in [7, 11) is 0. The average molecular weight is 499 g/mol. The van der Waals surface area contributed by atoms with Gasteiger partial charge in [0.2, 0.25) is 0 Å². The quantitative estimate of drug-likeness (QED) is 0.279. The number of hydrogen-bond acceptors (Lipinski definition) is 3. The van der Waals surface area contributed by atoms with Gasteiger partial charge in [0, 0.05) is 0 Å². The van der Waals surface area contributed by atoms with Crippen molar-refractivity contribution in [3.05, 3.63) is 35.9 Å². The summed E-state index contributed by atoms with van der Waals surface area (Å²) in [6.07, 6.45) is 0. The van der Waals surface area contributed by atoms with E-state index in [4.69, 9.17) is 11.6 Å². The molecule has 1 unspecified atom stereocenters. The van der Waals surface area contributed by atoms with Gasteiger partial charge in [0.15, 0.2) is 14.0 Å². The minimum absolute atomic E-state index is 0.231. The first-order valence-corrected chi connectivity index (χ1v) is 10.3. The van der Waals surface area contributed by atoms with E-state index in [1.54, 1.807) is 13.8 Å². The molecule has 0 N–H and O–H groups in total. The van der Waals surface area contributed by atoms with Gasteiger partial charge in [-0.2, -0.15) is 4.31 Å². The lowest BCUT2D eigenvalue weighted by Gasteiger charge is -2.49. The fourth-order valence-electron chi connectivity index (χ4n) is 2.97. The van der Waals surface area contributed by atoms with Crippen molar-refractivity contribution in [1.82, 2.24) is 9.21 Å². The molecule has 9 heteroatoms. The first-order chi connectivity index (χ1) is 11.1. The van der Waals surface area contributed by atoms with Crippen LogP contribution in [0.15, 0.2) is 30.3 Å². The van der Waals surface area contributed by atoms with Gasteiger partial charge in [-0.05, 0) is 19.4 Å². The number of carbonyl (C=O) groups excluding carboxylic acids is 2. The van der Waals surface area contributed by atoms with Gasteiger partial charge in [0.1, 0.15) is 5.50 Å². The Morgan fingerprint density at radius 2 is 1.83 bits per heavy atom. The van der Waals surface area contributed by atoms with E-state index in [1.807, 2.05) is 30.3 Å². The summed E-state index contributed by atoms with van der Waals surface area (Å²) in [6, 6.07) is 8.47. The molecular weight excluding hydrogens is 484 g/mol. The van der Waals surface area contributed by atoms with Gasteiger partial charge in [-0.3, -0.25) is 9.59 Å². The Balaban J connectivity index is 1.89. The van der Waals surface area contributed by atoms with E-state index < -0.39 is 30.9 Å². The maximum Gasteiger partial charge on any atom is 0.292 e. The SMILES string of the molecule is CC1(C)[C@@H](N2C(=O)C(Br)(Br)[C@@H]2Cl)C(=O)N(Cc2ccccc2)[S+]1[O-]. The van der Waals surface area contributed by atoms with E-state index >= 15 is 0 Å². The Hall–Kier alpha value is -0.280. The number of benzene rings is 1. The molecule has 3 atom stereocenters. The predicted molar refractivity (Wildman–Crippen MR) is 100 cm³/mol. The van der Waals surface area contributed by atoms with Crippen molar-refractivity contribution in [1.29, 1.82) is 0 Å². The molecule has 2 aliphatic heterocycles. The maximum absolute atomic E-state index is 12.9. The standard InChI is InChI=1S/C15H15Br2ClN2O3S/c1-14(2)10(20-12(18)15(16,17)13(20)22)11(21)19(24(14)23)8-9-6-4-3-5-7-9/h3-7,10,12H,8H2,1-2H3/t10-,12+,24?/m0/s1. The summed E-state index contributed by atoms with van der Waals surface area (Å²) in [5.41, 5.74) is 0.134. The lowest BCUT2D eigenvalue weighted by molar-refractivity contribution is -0.152. The Kier molecular flexibility index (Phi) is 4.75. The Labute approximate surface area is 165 Å². The smallest absolute Gasteiger partial charge is 0.292 e. The van der Waals surface area contributed by atoms with E-state index in [9.17, 15) is 14.1 Å². The molecule has 2 fully saturated rings. The van der Waals surface area contributed by atoms with E-state index in [0.29, 0.717) is 0 Å². The molecule has 130 valence electrons. The second kappa shape index (κ2) is 6.16. The Morgan fingerprint density at radius 3 is 2.38 bits per heavy atom. The van der Waals surface area contributed by atoms with Crippen LogP contribution in [0.1, 0.15) is 19.4 Å². The summed E-state index contributed by atoms with van der Waals surface area (Å²) >= 11 is 11.1. The van der Waals surface area contributed by atoms with Crippen molar-refractivity contribution in [2.24, 2.45) is 0 Å². The van der Waals surface area contributed by atoms with Gasteiger partial charge < -0.3 is 9.45 Å². The number of likely N-dealkylation sites (tertiary alicyclic amines) is 1. The molecule has 0 spiro atoms. The lowest BCUT2D eigenvalue weighted by Crippen LogP contribution is -2.72. The third-order valence-corrected chi connectivity index (χ3v) is 8.74. The molecule has 2 amide bonds. The molecule has 24 heavy (non-hydrogen) atoms. The number of alkyl halides is 3. The van der Waals surface area contributed by atoms with Crippen LogP contribution in [0.5, 0.6) is 0 Å². The molecule has 0 saturated carbocycles. The van der Waals surface area contributed by atoms with Crippen molar-refractivity contribution in [3.8, 4) is 0 Å². The third-order valence-electron chi connectivity index (χ3n) is 4.30. The fraction of sp³-hybridized carbons (Fsp3) is 0.467. The highest BCUT2D eigenvalue weighted by molar-refractivity contribution is 9.26. The van der Waals surface area contributed by atoms with Gasteiger partial charge in [-0.15, -0.1) is 0 Å². The number of rotatable bonds is 3. The molecule has 0 aliphatic carbocycles. The fourth-order valence-corrected chi connectivity index (χ4v) is 5.62. The molecule has 0 bridgehead atoms. The van der Waals surface area contributed by atoms with Crippen LogP contribution in [-0.4, -0.2) is 45.1 Å². The van der Waals surface area contributed by atoms with Crippen LogP contribution in [0.2, 0.25) is 0 Å². The normalized spacial score (nSPS) is 31.3. The van der Waals surface area contributed by atoms with Crippen LogP contribution < -0.4 is 0 Å². The van der Waals surface area contributed by atoms with Crippen LogP contribution in [0.25, 0.3) is 0 Å². The Bertz CT molecular complexity index is 689. The second-order valence-electron chi connectivity index (χ2n) is 6.29. The lowest BCUT2D eigenvalue weighted by atomic mass is 9.96. The number of amides is 2. The molecule has 0 radical (unpaired) electrons. The molecule has 0 aromatic heterocycles. The summed E-state index contributed by atoms with van der Waals surface area (Å²) < 4.78 is 12.2. The molecule has 1 aromatic rings. The van der Waals surface area contributed by atoms with Crippen molar-refractivity contribution in [3.63, 3.8) is 0 Å². The van der Waals surface area contributed by atoms with Gasteiger partial charge in [0.25, 0.3) is 11.8 Å². The van der Waals surface area contributed by atoms with E-state index in [2.05, 4.69) is 31.9 Å². The van der Waals surface area contributed by atoms with Crippen LogP contribution >= 0.6 is 43.5 Å². The van der Waals surface area contributed by atoms with Gasteiger partial charge in [-0.25, -0.2) is 0 Å². The highest BCUT2D eigenvalue weighted by Crippen LogP contribution is 2.51. The number of carbonyl (C=O) groups is 2. The third kappa shape index (κ3) is 2.61. The van der Waals surface area contributed by atoms with Crippen LogP contribution in [0, 0.1) is 0 Å². The van der Waals surface area contributed by atoms with Crippen LogP contribution in [0.4, 0.5) is 0 Å². The monoisotopic (exact) mass is 496 g/mol. The molecule has 2 saturated heterocycles. The zero-order valence-corrected chi connectivity index (χ0v) is 17.7. The van der Waals surface area contributed by atoms with Gasteiger partial charge in [0.05, 0.1) is 17.9 Å². The molecular formula is C15H15Br2ClN2O3S. The largest absolute Gasteiger partial charge is 0.592 e. The van der Waals surface area contributed by atoms with Crippen LogP contribution in [-0.2, 0) is 27.5 Å². The predicted octanol–water partition coefficient (Wildman–Crippen LogP) is 2.73. The number of hydrogen-bond donors (Lipinski definition) is 0. The molecule has 5 nitrogen and oxygen atoms in total. The summed E-state index contributed by atoms with van der Waals surface area (Å²) in [6.45, 7) is 3.67. The minimum Gasteiger partial charge on any atom is -0.592 e. The van der Waals surface area contributed by atoms with Crippen LogP contribution in [0.3, 0.4) is 0 Å². The first kappa shape index (κ1) is 18.5. The number of nitrogens with zero attached hydrogens (tertiary/aromatic N) is 2. The van der Waals surface area contributed by atoms with E-state index in [0.717, 1.165) is 5.56 Å². The average Bonchev–Trinajstić information content (AvgIpc) is 2.70. The number of β-lactam (4-membered cyclic amide) rings is 1. The van der Waals surface area contributed by atoms with Crippen molar-refractivity contribution in [2.45, 2.75) is 39.9 Å². The second-order valence-corrected chi connectivity index (χ2v) is 12.3. The van der Waals surface area contributed by atoms with Gasteiger partial charge >= 0.3 is 0 Å². The van der Waals surface area contributed by atoms with Crippen molar-refractivity contribution < 1.29 is 14.1 Å². The molecule has 3 rings (SSSR count). The highest BCUT2D eigenvalue weighted by Gasteiger charge is 2.70. The number of halogens is 3. The topological polar surface area (TPSA) is 63.7 Å². The van der Waals surface area contributed by atoms with E-state index in [1.165, 1.54) is 9.21 Å². The molecule has 2 aliphatic rings. The summed E-state index contributed by atoms with van der Waals surface area (Å²) in [5.74, 6) is -0.691. The zero-order chi connectivity index (χ0) is 17.9. The highest BCUT2D eigenvalue weighted by atomic mass is 79.9. The summed E-state index contributed by atoms with van der Waals surface area (Å²) in [4.78, 5) is 26.6. The first-order valence-electron chi connectivity index (χ1n) is 7.22. The minimum atomic E-state index is -1.57. The summed E-state index contributed by atoms with van der Waals surface area (Å²) in [5, 5.41) is 0. The molecule has 2 heterocycles. The van der Waals surface area contributed by atoms with Crippen molar-refractivity contribution >= 4 is 66.6 Å². The zero-order valence-electron chi connectivity index (χ0n) is 12.9. The maximum atomic E-state index is 12.9. The molecule has 1 aromatic carbocycles. The van der Waals surface area contributed by atoms with Crippen molar-refractivity contribution in [2.75, 3.05) is 0 Å². The van der Waals surface area contributed by atoms with Gasteiger partial charge in [-0.1, -0.05) is 73.8 Å². The van der Waals surface area contributed by atoms with E-state index in [-0.39, 0.29) is 18.4 Å².